The Morgan fingerprint density at radius 2 is 1.39 bits per heavy atom. The zero-order chi connectivity index (χ0) is 23.2. The van der Waals surface area contributed by atoms with Gasteiger partial charge in [-0.3, -0.25) is 9.59 Å². The lowest BCUT2D eigenvalue weighted by atomic mass is 10.1. The first-order valence-electron chi connectivity index (χ1n) is 10.2. The summed E-state index contributed by atoms with van der Waals surface area (Å²) in [6.45, 7) is 0. The van der Waals surface area contributed by atoms with Gasteiger partial charge in [0.2, 0.25) is 5.91 Å². The van der Waals surface area contributed by atoms with Gasteiger partial charge in [0.05, 0.1) is 16.9 Å². The summed E-state index contributed by atoms with van der Waals surface area (Å²) in [4.78, 5) is 37.1. The van der Waals surface area contributed by atoms with E-state index in [-0.39, 0.29) is 22.8 Å². The van der Waals surface area contributed by atoms with Crippen LogP contribution in [0.1, 0.15) is 20.7 Å². The molecule has 4 aromatic rings. The topological polar surface area (TPSA) is 95.5 Å². The van der Waals surface area contributed by atoms with Gasteiger partial charge in [0, 0.05) is 21.7 Å². The van der Waals surface area contributed by atoms with Gasteiger partial charge in [0.15, 0.2) is 0 Å². The number of anilines is 2. The van der Waals surface area contributed by atoms with E-state index in [9.17, 15) is 19.5 Å². The molecule has 0 atom stereocenters. The molecule has 0 radical (unpaired) electrons. The summed E-state index contributed by atoms with van der Waals surface area (Å²) in [5.41, 5.74) is 1.34. The number of carbonyl (C=O) groups is 3. The molecular weight excluding hydrogens is 436 g/mol. The number of thioether (sulfide) groups is 1. The second kappa shape index (κ2) is 10.0. The summed E-state index contributed by atoms with van der Waals surface area (Å²) in [5.74, 6) is -1.53. The van der Waals surface area contributed by atoms with Crippen molar-refractivity contribution in [1.29, 1.82) is 0 Å². The smallest absolute Gasteiger partial charge is 0.336 e. The van der Waals surface area contributed by atoms with Gasteiger partial charge in [-0.2, -0.15) is 0 Å². The molecule has 33 heavy (non-hydrogen) atoms. The van der Waals surface area contributed by atoms with Gasteiger partial charge in [-0.15, -0.1) is 11.8 Å². The molecule has 0 unspecified atom stereocenters. The Kier molecular flexibility index (Phi) is 6.71. The highest BCUT2D eigenvalue weighted by Crippen LogP contribution is 2.25. The van der Waals surface area contributed by atoms with Crippen molar-refractivity contribution in [2.75, 3.05) is 16.4 Å². The van der Waals surface area contributed by atoms with E-state index in [4.69, 9.17) is 0 Å². The quantitative estimate of drug-likeness (QED) is 0.318. The third-order valence-electron chi connectivity index (χ3n) is 4.95. The number of hydrogen-bond acceptors (Lipinski definition) is 4. The van der Waals surface area contributed by atoms with Crippen LogP contribution in [0.3, 0.4) is 0 Å². The van der Waals surface area contributed by atoms with Crippen molar-refractivity contribution in [2.45, 2.75) is 4.90 Å². The molecule has 0 aromatic heterocycles. The van der Waals surface area contributed by atoms with Crippen molar-refractivity contribution in [3.8, 4) is 0 Å². The summed E-state index contributed by atoms with van der Waals surface area (Å²) in [6, 6.07) is 26.7. The Labute approximate surface area is 194 Å². The molecule has 0 aliphatic rings. The van der Waals surface area contributed by atoms with Crippen molar-refractivity contribution < 1.29 is 19.5 Å². The van der Waals surface area contributed by atoms with E-state index >= 15 is 0 Å². The lowest BCUT2D eigenvalue weighted by Gasteiger charge is -2.10. The zero-order valence-corrected chi connectivity index (χ0v) is 18.3. The molecule has 6 nitrogen and oxygen atoms in total. The van der Waals surface area contributed by atoms with Gasteiger partial charge < -0.3 is 15.7 Å². The minimum Gasteiger partial charge on any atom is -0.478 e. The molecule has 0 aliphatic carbocycles. The third-order valence-corrected chi connectivity index (χ3v) is 5.96. The molecule has 0 aliphatic heterocycles. The summed E-state index contributed by atoms with van der Waals surface area (Å²) >= 11 is 1.38. The van der Waals surface area contributed by atoms with Crippen LogP contribution in [0.2, 0.25) is 0 Å². The predicted molar refractivity (Wildman–Crippen MR) is 131 cm³/mol. The molecule has 164 valence electrons. The molecule has 0 fully saturated rings. The second-order valence-electron chi connectivity index (χ2n) is 7.19. The van der Waals surface area contributed by atoms with Crippen LogP contribution in [0.5, 0.6) is 0 Å². The minimum absolute atomic E-state index is 0.0561. The highest BCUT2D eigenvalue weighted by molar-refractivity contribution is 8.00. The van der Waals surface area contributed by atoms with E-state index in [1.165, 1.54) is 23.9 Å². The molecule has 0 spiro atoms. The predicted octanol–water partition coefficient (Wildman–Crippen LogP) is 5.52. The van der Waals surface area contributed by atoms with Crippen LogP contribution in [0, 0.1) is 0 Å². The monoisotopic (exact) mass is 456 g/mol. The Hall–Kier alpha value is -4.10. The molecule has 7 heteroatoms. The van der Waals surface area contributed by atoms with Gasteiger partial charge in [0.25, 0.3) is 5.91 Å². The Bertz CT molecular complexity index is 1330. The molecule has 0 heterocycles. The van der Waals surface area contributed by atoms with Crippen LogP contribution in [0.4, 0.5) is 11.4 Å². The van der Waals surface area contributed by atoms with Crippen molar-refractivity contribution >= 4 is 51.7 Å². The SMILES string of the molecule is O=C(CSc1ccc(NC(=O)c2ccccc2C(=O)O)cc1)Nc1cccc2ccccc12. The van der Waals surface area contributed by atoms with Gasteiger partial charge >= 0.3 is 5.97 Å². The number of carboxylic acids is 1. The molecule has 2 amide bonds. The first kappa shape index (κ1) is 22.1. The van der Waals surface area contributed by atoms with Gasteiger partial charge in [-0.1, -0.05) is 48.5 Å². The number of fused-ring (bicyclic) bond motifs is 1. The average Bonchev–Trinajstić information content (AvgIpc) is 2.84. The van der Waals surface area contributed by atoms with Gasteiger partial charge in [0.1, 0.15) is 0 Å². The van der Waals surface area contributed by atoms with Crippen LogP contribution in [-0.4, -0.2) is 28.6 Å². The average molecular weight is 457 g/mol. The van der Waals surface area contributed by atoms with Crippen molar-refractivity contribution in [1.82, 2.24) is 0 Å². The van der Waals surface area contributed by atoms with Crippen LogP contribution in [0.25, 0.3) is 10.8 Å². The molecule has 3 N–H and O–H groups in total. The lowest BCUT2D eigenvalue weighted by Crippen LogP contribution is -2.16. The first-order valence-corrected chi connectivity index (χ1v) is 11.1. The van der Waals surface area contributed by atoms with E-state index in [1.807, 2.05) is 42.5 Å². The Balaban J connectivity index is 1.35. The Morgan fingerprint density at radius 3 is 2.15 bits per heavy atom. The second-order valence-corrected chi connectivity index (χ2v) is 8.24. The molecule has 0 saturated heterocycles. The molecule has 4 rings (SSSR count). The fourth-order valence-corrected chi connectivity index (χ4v) is 4.07. The number of hydrogen-bond donors (Lipinski definition) is 3. The molecule has 0 bridgehead atoms. The molecule has 4 aromatic carbocycles. The number of nitrogens with one attached hydrogen (secondary N) is 2. The van der Waals surface area contributed by atoms with Crippen LogP contribution < -0.4 is 10.6 Å². The van der Waals surface area contributed by atoms with Crippen LogP contribution in [-0.2, 0) is 4.79 Å². The standard InChI is InChI=1S/C26H20N2O4S/c29-24(28-23-11-5-7-17-6-1-2-8-20(17)23)16-33-19-14-12-18(13-15-19)27-25(30)21-9-3-4-10-22(21)26(31)32/h1-15H,16H2,(H,27,30)(H,28,29)(H,31,32). The largest absolute Gasteiger partial charge is 0.478 e. The van der Waals surface area contributed by atoms with Crippen molar-refractivity contribution in [3.05, 3.63) is 102 Å². The van der Waals surface area contributed by atoms with Crippen LogP contribution in [0.15, 0.2) is 95.9 Å². The Morgan fingerprint density at radius 1 is 0.727 bits per heavy atom. The highest BCUT2D eigenvalue weighted by Gasteiger charge is 2.16. The molecular formula is C26H20N2O4S. The number of benzene rings is 4. The first-order chi connectivity index (χ1) is 16.0. The fraction of sp³-hybridized carbons (Fsp3) is 0.0385. The maximum atomic E-state index is 12.5. The van der Waals surface area contributed by atoms with E-state index < -0.39 is 11.9 Å². The lowest BCUT2D eigenvalue weighted by molar-refractivity contribution is -0.113. The fourth-order valence-electron chi connectivity index (χ4n) is 3.37. The van der Waals surface area contributed by atoms with E-state index in [0.29, 0.717) is 5.69 Å². The van der Waals surface area contributed by atoms with E-state index in [1.54, 1.807) is 36.4 Å². The summed E-state index contributed by atoms with van der Waals surface area (Å²) in [5, 5.41) is 17.0. The van der Waals surface area contributed by atoms with Crippen molar-refractivity contribution in [3.63, 3.8) is 0 Å². The number of rotatable bonds is 7. The maximum absolute atomic E-state index is 12.5. The van der Waals surface area contributed by atoms with E-state index in [0.717, 1.165) is 21.4 Å². The van der Waals surface area contributed by atoms with E-state index in [2.05, 4.69) is 10.6 Å². The van der Waals surface area contributed by atoms with Gasteiger partial charge in [-0.25, -0.2) is 4.79 Å². The number of amides is 2. The number of carbonyl (C=O) groups excluding carboxylic acids is 2. The summed E-state index contributed by atoms with van der Waals surface area (Å²) in [7, 11) is 0. The zero-order valence-electron chi connectivity index (χ0n) is 17.4. The van der Waals surface area contributed by atoms with Gasteiger partial charge in [-0.05, 0) is 47.9 Å². The minimum atomic E-state index is -1.16. The maximum Gasteiger partial charge on any atom is 0.336 e. The number of carboxylic acid groups (broad SMARTS) is 1. The number of aromatic carboxylic acids is 1. The summed E-state index contributed by atoms with van der Waals surface area (Å²) < 4.78 is 0. The highest BCUT2D eigenvalue weighted by atomic mass is 32.2. The normalized spacial score (nSPS) is 10.5. The third kappa shape index (κ3) is 5.39. The molecule has 0 saturated carbocycles. The van der Waals surface area contributed by atoms with Crippen LogP contribution >= 0.6 is 11.8 Å². The summed E-state index contributed by atoms with van der Waals surface area (Å²) in [6.07, 6.45) is 0. The van der Waals surface area contributed by atoms with Crippen molar-refractivity contribution in [2.24, 2.45) is 0 Å².